The van der Waals surface area contributed by atoms with Gasteiger partial charge in [-0.3, -0.25) is 0 Å². The summed E-state index contributed by atoms with van der Waals surface area (Å²) < 4.78 is 0. The number of nitrogens with one attached hydrogen (secondary N) is 2. The molecular formula is C14H20N2O3. The summed E-state index contributed by atoms with van der Waals surface area (Å²) in [7, 11) is 0. The van der Waals surface area contributed by atoms with Gasteiger partial charge in [0.2, 0.25) is 0 Å². The summed E-state index contributed by atoms with van der Waals surface area (Å²) in [6.07, 6.45) is 0.795. The maximum absolute atomic E-state index is 11.8. The van der Waals surface area contributed by atoms with Gasteiger partial charge in [0.1, 0.15) is 6.04 Å². The van der Waals surface area contributed by atoms with Gasteiger partial charge in [-0.25, -0.2) is 9.59 Å². The van der Waals surface area contributed by atoms with E-state index >= 15 is 0 Å². The first-order valence-corrected chi connectivity index (χ1v) is 6.34. The predicted octanol–water partition coefficient (Wildman–Crippen LogP) is 2.48. The molecule has 3 N–H and O–H groups in total. The Kier molecular flexibility index (Phi) is 5.36. The van der Waals surface area contributed by atoms with Crippen molar-refractivity contribution in [3.8, 4) is 0 Å². The van der Waals surface area contributed by atoms with Crippen LogP contribution in [0.4, 0.5) is 10.5 Å². The third-order valence-electron chi connectivity index (χ3n) is 2.87. The molecule has 0 saturated heterocycles. The maximum Gasteiger partial charge on any atom is 0.326 e. The molecule has 0 fully saturated rings. The number of carbonyl (C=O) groups excluding carboxylic acids is 1. The Balaban J connectivity index is 2.72. The number of amides is 2. The van der Waals surface area contributed by atoms with Gasteiger partial charge in [-0.1, -0.05) is 39.0 Å². The van der Waals surface area contributed by atoms with Crippen molar-refractivity contribution in [3.05, 3.63) is 29.8 Å². The van der Waals surface area contributed by atoms with Crippen molar-refractivity contribution in [2.24, 2.45) is 5.92 Å². The minimum atomic E-state index is -1.03. The third-order valence-corrected chi connectivity index (χ3v) is 2.87. The molecule has 5 nitrogen and oxygen atoms in total. The van der Waals surface area contributed by atoms with E-state index < -0.39 is 18.0 Å². The molecule has 0 aliphatic carbocycles. The molecule has 5 heteroatoms. The zero-order valence-electron chi connectivity index (χ0n) is 11.4. The summed E-state index contributed by atoms with van der Waals surface area (Å²) in [6, 6.07) is 6.05. The van der Waals surface area contributed by atoms with Crippen LogP contribution in [0.5, 0.6) is 0 Å². The minimum absolute atomic E-state index is 0.176. The van der Waals surface area contributed by atoms with Crippen LogP contribution in [-0.2, 0) is 11.2 Å². The molecule has 1 rings (SSSR count). The SMILES string of the molecule is CCc1ccccc1NC(=O)N[C@@H](C(=O)O)C(C)C. The number of benzene rings is 1. The molecule has 0 radical (unpaired) electrons. The van der Waals surface area contributed by atoms with Crippen LogP contribution in [0.15, 0.2) is 24.3 Å². The number of carboxylic acid groups (broad SMARTS) is 1. The maximum atomic E-state index is 11.8. The lowest BCUT2D eigenvalue weighted by Gasteiger charge is -2.19. The normalized spacial score (nSPS) is 12.0. The summed E-state index contributed by atoms with van der Waals surface area (Å²) in [6.45, 7) is 5.49. The number of aliphatic carboxylic acids is 1. The fourth-order valence-corrected chi connectivity index (χ4v) is 1.76. The highest BCUT2D eigenvalue weighted by molar-refractivity contribution is 5.92. The van der Waals surface area contributed by atoms with Crippen molar-refractivity contribution >= 4 is 17.7 Å². The molecule has 2 amide bonds. The largest absolute Gasteiger partial charge is 0.480 e. The molecule has 0 aliphatic heterocycles. The average molecular weight is 264 g/mol. The van der Waals surface area contributed by atoms with E-state index in [9.17, 15) is 9.59 Å². The van der Waals surface area contributed by atoms with Crippen molar-refractivity contribution < 1.29 is 14.7 Å². The molecule has 19 heavy (non-hydrogen) atoms. The van der Waals surface area contributed by atoms with E-state index in [-0.39, 0.29) is 5.92 Å². The predicted molar refractivity (Wildman–Crippen MR) is 74.2 cm³/mol. The van der Waals surface area contributed by atoms with Gasteiger partial charge < -0.3 is 15.7 Å². The van der Waals surface area contributed by atoms with Crippen molar-refractivity contribution in [2.45, 2.75) is 33.2 Å². The summed E-state index contributed by atoms with van der Waals surface area (Å²) in [5.74, 6) is -1.21. The first kappa shape index (κ1) is 15.0. The molecule has 0 saturated carbocycles. The van der Waals surface area contributed by atoms with E-state index in [0.717, 1.165) is 12.0 Å². The Morgan fingerprint density at radius 1 is 1.26 bits per heavy atom. The smallest absolute Gasteiger partial charge is 0.326 e. The van der Waals surface area contributed by atoms with E-state index in [1.807, 2.05) is 25.1 Å². The van der Waals surface area contributed by atoms with Crippen LogP contribution in [0, 0.1) is 5.92 Å². The lowest BCUT2D eigenvalue weighted by Crippen LogP contribution is -2.46. The van der Waals surface area contributed by atoms with Crippen LogP contribution in [-0.4, -0.2) is 23.1 Å². The van der Waals surface area contributed by atoms with Gasteiger partial charge in [-0.15, -0.1) is 0 Å². The standard InChI is InChI=1S/C14H20N2O3/c1-4-10-7-5-6-8-11(10)15-14(19)16-12(9(2)3)13(17)18/h5-9,12H,4H2,1-3H3,(H,17,18)(H2,15,16,19)/t12-/m1/s1. The first-order valence-electron chi connectivity index (χ1n) is 6.34. The Labute approximate surface area is 113 Å². The van der Waals surface area contributed by atoms with Crippen molar-refractivity contribution in [3.63, 3.8) is 0 Å². The molecule has 0 aromatic heterocycles. The first-order chi connectivity index (χ1) is 8.95. The van der Waals surface area contributed by atoms with Gasteiger partial charge in [-0.05, 0) is 24.0 Å². The number of rotatable bonds is 5. The van der Waals surface area contributed by atoms with Gasteiger partial charge in [0.25, 0.3) is 0 Å². The van der Waals surface area contributed by atoms with Crippen molar-refractivity contribution in [2.75, 3.05) is 5.32 Å². The summed E-state index contributed by atoms with van der Waals surface area (Å²) in [5, 5.41) is 14.2. The molecule has 1 atom stereocenters. The molecule has 0 aliphatic rings. The Morgan fingerprint density at radius 2 is 1.89 bits per heavy atom. The number of para-hydroxylation sites is 1. The fourth-order valence-electron chi connectivity index (χ4n) is 1.76. The Hall–Kier alpha value is -2.04. The fraction of sp³-hybridized carbons (Fsp3) is 0.429. The van der Waals surface area contributed by atoms with Gasteiger partial charge >= 0.3 is 12.0 Å². The molecule has 0 spiro atoms. The molecule has 0 unspecified atom stereocenters. The Morgan fingerprint density at radius 3 is 2.42 bits per heavy atom. The van der Waals surface area contributed by atoms with Crippen molar-refractivity contribution in [1.82, 2.24) is 5.32 Å². The number of hydrogen-bond donors (Lipinski definition) is 3. The van der Waals surface area contributed by atoms with Crippen LogP contribution < -0.4 is 10.6 Å². The molecule has 1 aromatic carbocycles. The summed E-state index contributed by atoms with van der Waals surface area (Å²) in [4.78, 5) is 22.8. The van der Waals surface area contributed by atoms with Crippen LogP contribution in [0.25, 0.3) is 0 Å². The molecule has 1 aromatic rings. The summed E-state index contributed by atoms with van der Waals surface area (Å²) >= 11 is 0. The number of carbonyl (C=O) groups is 2. The van der Waals surface area contributed by atoms with Gasteiger partial charge in [0, 0.05) is 5.69 Å². The van der Waals surface area contributed by atoms with Crippen LogP contribution in [0.2, 0.25) is 0 Å². The minimum Gasteiger partial charge on any atom is -0.480 e. The lowest BCUT2D eigenvalue weighted by molar-refractivity contribution is -0.140. The van der Waals surface area contributed by atoms with Gasteiger partial charge in [0.15, 0.2) is 0 Å². The van der Waals surface area contributed by atoms with Crippen LogP contribution >= 0.6 is 0 Å². The van der Waals surface area contributed by atoms with E-state index in [1.165, 1.54) is 0 Å². The molecule has 0 bridgehead atoms. The van der Waals surface area contributed by atoms with Crippen LogP contribution in [0.1, 0.15) is 26.3 Å². The third kappa shape index (κ3) is 4.28. The highest BCUT2D eigenvalue weighted by Gasteiger charge is 2.23. The van der Waals surface area contributed by atoms with E-state index in [0.29, 0.717) is 5.69 Å². The second-order valence-electron chi connectivity index (χ2n) is 4.67. The number of aryl methyl sites for hydroxylation is 1. The van der Waals surface area contributed by atoms with Gasteiger partial charge in [-0.2, -0.15) is 0 Å². The van der Waals surface area contributed by atoms with Gasteiger partial charge in [0.05, 0.1) is 0 Å². The van der Waals surface area contributed by atoms with E-state index in [2.05, 4.69) is 10.6 Å². The summed E-state index contributed by atoms with van der Waals surface area (Å²) in [5.41, 5.74) is 1.71. The lowest BCUT2D eigenvalue weighted by atomic mass is 10.1. The molecule has 104 valence electrons. The molecular weight excluding hydrogens is 244 g/mol. The quantitative estimate of drug-likeness (QED) is 0.764. The topological polar surface area (TPSA) is 78.4 Å². The number of carboxylic acids is 1. The Bertz CT molecular complexity index is 458. The number of anilines is 1. The highest BCUT2D eigenvalue weighted by atomic mass is 16.4. The second-order valence-corrected chi connectivity index (χ2v) is 4.67. The second kappa shape index (κ2) is 6.78. The number of hydrogen-bond acceptors (Lipinski definition) is 2. The highest BCUT2D eigenvalue weighted by Crippen LogP contribution is 2.15. The van der Waals surface area contributed by atoms with E-state index in [1.54, 1.807) is 19.9 Å². The monoisotopic (exact) mass is 264 g/mol. The molecule has 0 heterocycles. The number of urea groups is 1. The van der Waals surface area contributed by atoms with Crippen molar-refractivity contribution in [1.29, 1.82) is 0 Å². The van der Waals surface area contributed by atoms with Crippen LogP contribution in [0.3, 0.4) is 0 Å². The zero-order chi connectivity index (χ0) is 14.4. The van der Waals surface area contributed by atoms with E-state index in [4.69, 9.17) is 5.11 Å². The average Bonchev–Trinajstić information content (AvgIpc) is 2.36. The zero-order valence-corrected chi connectivity index (χ0v) is 11.4.